The first kappa shape index (κ1) is 9.77. The van der Waals surface area contributed by atoms with Crippen LogP contribution >= 0.6 is 0 Å². The molecule has 2 rings (SSSR count). The first-order chi connectivity index (χ1) is 7.08. The van der Waals surface area contributed by atoms with Gasteiger partial charge in [0.05, 0.1) is 0 Å². The number of amides is 1. The Bertz CT molecular complexity index is 511. The van der Waals surface area contributed by atoms with E-state index in [-0.39, 0.29) is 5.91 Å². The van der Waals surface area contributed by atoms with Gasteiger partial charge in [0, 0.05) is 25.0 Å². The maximum atomic E-state index is 11.7. The fourth-order valence-corrected chi connectivity index (χ4v) is 1.61. The van der Waals surface area contributed by atoms with Crippen molar-refractivity contribution >= 4 is 16.8 Å². The van der Waals surface area contributed by atoms with Crippen LogP contribution in [0.5, 0.6) is 0 Å². The van der Waals surface area contributed by atoms with Crippen LogP contribution in [0.15, 0.2) is 24.3 Å². The number of aromatic amines is 1. The number of fused-ring (bicyclic) bond motifs is 1. The molecule has 2 aromatic rings. The topological polar surface area (TPSA) is 36.1 Å². The molecule has 15 heavy (non-hydrogen) atoms. The molecular weight excluding hydrogens is 188 g/mol. The van der Waals surface area contributed by atoms with Crippen molar-refractivity contribution < 1.29 is 4.79 Å². The lowest BCUT2D eigenvalue weighted by molar-refractivity contribution is 0.0823. The lowest BCUT2D eigenvalue weighted by atomic mass is 10.2. The van der Waals surface area contributed by atoms with Crippen LogP contribution in [0.4, 0.5) is 0 Å². The molecule has 0 fully saturated rings. The summed E-state index contributed by atoms with van der Waals surface area (Å²) in [5, 5.41) is 1.08. The summed E-state index contributed by atoms with van der Waals surface area (Å²) in [7, 11) is 3.50. The maximum Gasteiger partial charge on any atom is 0.269 e. The summed E-state index contributed by atoms with van der Waals surface area (Å²) in [4.78, 5) is 16.4. The Hall–Kier alpha value is -1.77. The Balaban J connectivity index is 2.52. The van der Waals surface area contributed by atoms with Crippen molar-refractivity contribution in [3.05, 3.63) is 35.5 Å². The molecular formula is C12H14N2O. The fourth-order valence-electron chi connectivity index (χ4n) is 1.61. The largest absolute Gasteiger partial charge is 0.351 e. The second kappa shape index (κ2) is 3.42. The number of carbonyl (C=O) groups is 1. The predicted octanol–water partition coefficient (Wildman–Crippen LogP) is 2.18. The lowest BCUT2D eigenvalue weighted by Gasteiger charge is -2.07. The van der Waals surface area contributed by atoms with Gasteiger partial charge in [-0.25, -0.2) is 0 Å². The Kier molecular flexibility index (Phi) is 2.23. The molecule has 0 radical (unpaired) electrons. The highest BCUT2D eigenvalue weighted by molar-refractivity contribution is 5.97. The summed E-state index contributed by atoms with van der Waals surface area (Å²) in [6.45, 7) is 2.04. The third-order valence-electron chi connectivity index (χ3n) is 2.41. The van der Waals surface area contributed by atoms with Gasteiger partial charge in [0.2, 0.25) is 0 Å². The Morgan fingerprint density at radius 3 is 2.67 bits per heavy atom. The van der Waals surface area contributed by atoms with E-state index in [1.807, 2.05) is 25.1 Å². The molecule has 3 nitrogen and oxygen atoms in total. The summed E-state index contributed by atoms with van der Waals surface area (Å²) in [5.41, 5.74) is 2.84. The van der Waals surface area contributed by atoms with E-state index in [9.17, 15) is 4.79 Å². The summed E-state index contributed by atoms with van der Waals surface area (Å²) in [5.74, 6) is 0.00357. The number of benzene rings is 1. The standard InChI is InChI=1S/C12H14N2O/c1-8-4-5-10-9(6-8)7-11(13-10)12(15)14(2)3/h4-7,13H,1-3H3. The van der Waals surface area contributed by atoms with E-state index in [4.69, 9.17) is 0 Å². The highest BCUT2D eigenvalue weighted by Gasteiger charge is 2.10. The molecule has 1 N–H and O–H groups in total. The van der Waals surface area contributed by atoms with Crippen LogP contribution in [0.25, 0.3) is 10.9 Å². The molecule has 3 heteroatoms. The Labute approximate surface area is 88.7 Å². The molecule has 0 saturated heterocycles. The van der Waals surface area contributed by atoms with Gasteiger partial charge < -0.3 is 9.88 Å². The zero-order valence-electron chi connectivity index (χ0n) is 9.16. The van der Waals surface area contributed by atoms with Crippen molar-refractivity contribution in [3.8, 4) is 0 Å². The minimum absolute atomic E-state index is 0.00357. The number of hydrogen-bond acceptors (Lipinski definition) is 1. The van der Waals surface area contributed by atoms with E-state index in [0.717, 1.165) is 10.9 Å². The quantitative estimate of drug-likeness (QED) is 0.756. The third-order valence-corrected chi connectivity index (χ3v) is 2.41. The van der Waals surface area contributed by atoms with Crippen LogP contribution in [-0.4, -0.2) is 29.9 Å². The van der Waals surface area contributed by atoms with Gasteiger partial charge in [-0.05, 0) is 25.1 Å². The van der Waals surface area contributed by atoms with E-state index in [0.29, 0.717) is 5.69 Å². The van der Waals surface area contributed by atoms with Crippen LogP contribution in [0.1, 0.15) is 16.1 Å². The second-order valence-corrected chi connectivity index (χ2v) is 3.97. The summed E-state index contributed by atoms with van der Waals surface area (Å²) in [6, 6.07) is 7.99. The number of nitrogens with one attached hydrogen (secondary N) is 1. The van der Waals surface area contributed by atoms with Gasteiger partial charge >= 0.3 is 0 Å². The zero-order valence-corrected chi connectivity index (χ0v) is 9.16. The monoisotopic (exact) mass is 202 g/mol. The number of aryl methyl sites for hydroxylation is 1. The van der Waals surface area contributed by atoms with E-state index >= 15 is 0 Å². The number of aromatic nitrogens is 1. The zero-order chi connectivity index (χ0) is 11.0. The molecule has 1 amide bonds. The smallest absolute Gasteiger partial charge is 0.269 e. The van der Waals surface area contributed by atoms with Crippen molar-refractivity contribution in [3.63, 3.8) is 0 Å². The molecule has 0 aliphatic carbocycles. The first-order valence-corrected chi connectivity index (χ1v) is 4.89. The van der Waals surface area contributed by atoms with Crippen LogP contribution < -0.4 is 0 Å². The van der Waals surface area contributed by atoms with Gasteiger partial charge in [-0.2, -0.15) is 0 Å². The number of H-pyrrole nitrogens is 1. The highest BCUT2D eigenvalue weighted by atomic mass is 16.2. The maximum absolute atomic E-state index is 11.7. The van der Waals surface area contributed by atoms with Crippen molar-refractivity contribution in [1.29, 1.82) is 0 Å². The minimum Gasteiger partial charge on any atom is -0.351 e. The normalized spacial score (nSPS) is 10.6. The second-order valence-electron chi connectivity index (χ2n) is 3.97. The van der Waals surface area contributed by atoms with E-state index in [1.54, 1.807) is 19.0 Å². The van der Waals surface area contributed by atoms with Gasteiger partial charge in [-0.15, -0.1) is 0 Å². The first-order valence-electron chi connectivity index (χ1n) is 4.89. The Morgan fingerprint density at radius 2 is 2.00 bits per heavy atom. The lowest BCUT2D eigenvalue weighted by Crippen LogP contribution is -2.21. The molecule has 0 saturated carbocycles. The summed E-state index contributed by atoms with van der Waals surface area (Å²) in [6.07, 6.45) is 0. The van der Waals surface area contributed by atoms with Crippen molar-refractivity contribution in [2.24, 2.45) is 0 Å². The summed E-state index contributed by atoms with van der Waals surface area (Å²) < 4.78 is 0. The van der Waals surface area contributed by atoms with Gasteiger partial charge in [0.15, 0.2) is 0 Å². The number of rotatable bonds is 1. The average molecular weight is 202 g/mol. The number of nitrogens with zero attached hydrogens (tertiary/aromatic N) is 1. The molecule has 0 unspecified atom stereocenters. The molecule has 0 bridgehead atoms. The molecule has 78 valence electrons. The fraction of sp³-hybridized carbons (Fsp3) is 0.250. The molecule has 0 atom stereocenters. The van der Waals surface area contributed by atoms with Gasteiger partial charge in [0.1, 0.15) is 5.69 Å². The van der Waals surface area contributed by atoms with E-state index in [1.165, 1.54) is 5.56 Å². The minimum atomic E-state index is 0.00357. The Morgan fingerprint density at radius 1 is 1.27 bits per heavy atom. The summed E-state index contributed by atoms with van der Waals surface area (Å²) >= 11 is 0. The van der Waals surface area contributed by atoms with Crippen LogP contribution in [0.2, 0.25) is 0 Å². The average Bonchev–Trinajstić information content (AvgIpc) is 2.58. The number of carbonyl (C=O) groups excluding carboxylic acids is 1. The third kappa shape index (κ3) is 1.73. The highest BCUT2D eigenvalue weighted by Crippen LogP contribution is 2.17. The van der Waals surface area contributed by atoms with Gasteiger partial charge in [0.25, 0.3) is 5.91 Å². The number of hydrogen-bond donors (Lipinski definition) is 1. The molecule has 0 aliphatic rings. The van der Waals surface area contributed by atoms with Crippen LogP contribution in [-0.2, 0) is 0 Å². The van der Waals surface area contributed by atoms with Crippen LogP contribution in [0.3, 0.4) is 0 Å². The van der Waals surface area contributed by atoms with Crippen molar-refractivity contribution in [1.82, 2.24) is 9.88 Å². The molecule has 0 aliphatic heterocycles. The van der Waals surface area contributed by atoms with Crippen LogP contribution in [0, 0.1) is 6.92 Å². The van der Waals surface area contributed by atoms with E-state index in [2.05, 4.69) is 11.1 Å². The van der Waals surface area contributed by atoms with E-state index < -0.39 is 0 Å². The predicted molar refractivity (Wildman–Crippen MR) is 61.1 cm³/mol. The van der Waals surface area contributed by atoms with Crippen molar-refractivity contribution in [2.45, 2.75) is 6.92 Å². The van der Waals surface area contributed by atoms with Gasteiger partial charge in [-0.1, -0.05) is 11.6 Å². The molecule has 0 spiro atoms. The molecule has 1 aromatic heterocycles. The molecule has 1 aromatic carbocycles. The van der Waals surface area contributed by atoms with Gasteiger partial charge in [-0.3, -0.25) is 4.79 Å². The SMILES string of the molecule is Cc1ccc2[nH]c(C(=O)N(C)C)cc2c1. The van der Waals surface area contributed by atoms with Crippen molar-refractivity contribution in [2.75, 3.05) is 14.1 Å². The molecule has 1 heterocycles.